The first kappa shape index (κ1) is 19.3. The highest BCUT2D eigenvalue weighted by molar-refractivity contribution is 7.09. The monoisotopic (exact) mass is 385 g/mol. The second kappa shape index (κ2) is 8.94. The number of methoxy groups -OCH3 is 1. The van der Waals surface area contributed by atoms with E-state index in [1.54, 1.807) is 23.0 Å². The lowest BCUT2D eigenvalue weighted by atomic mass is 10.1. The standard InChI is InChI=1S/C20H23N3O3S/c1-23-13-16(14-7-4-3-5-8-14)22-19(23)17(24)18(26-2)20(25)21-11-10-15-9-6-12-27-15/h3-9,12-13,17-18,24H,10-11H2,1-2H3,(H,21,25)/t17-,18-/m1/s1. The molecule has 2 atom stereocenters. The molecule has 2 N–H and O–H groups in total. The highest BCUT2D eigenvalue weighted by atomic mass is 32.1. The molecule has 7 heteroatoms. The number of aryl methyl sites for hydroxylation is 1. The number of rotatable bonds is 8. The zero-order valence-corrected chi connectivity index (χ0v) is 16.1. The maximum atomic E-state index is 12.5. The molecule has 3 rings (SSSR count). The number of nitrogens with one attached hydrogen (secondary N) is 1. The molecule has 0 radical (unpaired) electrons. The van der Waals surface area contributed by atoms with E-state index >= 15 is 0 Å². The van der Waals surface area contributed by atoms with Gasteiger partial charge in [0, 0.05) is 37.3 Å². The molecule has 2 heterocycles. The molecule has 142 valence electrons. The van der Waals surface area contributed by atoms with Gasteiger partial charge >= 0.3 is 0 Å². The quantitative estimate of drug-likeness (QED) is 0.625. The highest BCUT2D eigenvalue weighted by Crippen LogP contribution is 2.23. The molecule has 6 nitrogen and oxygen atoms in total. The summed E-state index contributed by atoms with van der Waals surface area (Å²) in [7, 11) is 3.20. The summed E-state index contributed by atoms with van der Waals surface area (Å²) in [5.74, 6) is 0.0277. The molecule has 1 amide bonds. The van der Waals surface area contributed by atoms with Gasteiger partial charge in [0.2, 0.25) is 0 Å². The summed E-state index contributed by atoms with van der Waals surface area (Å²) in [5, 5.41) is 15.5. The lowest BCUT2D eigenvalue weighted by Crippen LogP contribution is -2.41. The largest absolute Gasteiger partial charge is 0.382 e. The lowest BCUT2D eigenvalue weighted by molar-refractivity contribution is -0.138. The van der Waals surface area contributed by atoms with Crippen molar-refractivity contribution in [1.82, 2.24) is 14.9 Å². The minimum Gasteiger partial charge on any atom is -0.382 e. The van der Waals surface area contributed by atoms with Crippen LogP contribution < -0.4 is 5.32 Å². The molecule has 3 aromatic rings. The Balaban J connectivity index is 1.68. The van der Waals surface area contributed by atoms with Crippen LogP contribution in [-0.2, 0) is 23.0 Å². The molecule has 0 saturated heterocycles. The predicted octanol–water partition coefficient (Wildman–Crippen LogP) is 2.56. The first-order chi connectivity index (χ1) is 13.1. The second-order valence-electron chi connectivity index (χ2n) is 6.18. The molecule has 1 aromatic carbocycles. The number of carbonyl (C=O) groups is 1. The Kier molecular flexibility index (Phi) is 6.39. The summed E-state index contributed by atoms with van der Waals surface area (Å²) in [6, 6.07) is 13.7. The number of hydrogen-bond acceptors (Lipinski definition) is 5. The van der Waals surface area contributed by atoms with Gasteiger partial charge < -0.3 is 19.7 Å². The van der Waals surface area contributed by atoms with Gasteiger partial charge in [-0.05, 0) is 17.9 Å². The molecular weight excluding hydrogens is 362 g/mol. The molecule has 27 heavy (non-hydrogen) atoms. The van der Waals surface area contributed by atoms with Crippen LogP contribution in [0, 0.1) is 0 Å². The maximum Gasteiger partial charge on any atom is 0.252 e. The zero-order valence-electron chi connectivity index (χ0n) is 15.3. The van der Waals surface area contributed by atoms with E-state index < -0.39 is 12.2 Å². The normalized spacial score (nSPS) is 13.3. The minimum atomic E-state index is -1.17. The second-order valence-corrected chi connectivity index (χ2v) is 7.22. The van der Waals surface area contributed by atoms with Crippen molar-refractivity contribution in [3.8, 4) is 11.3 Å². The molecule has 0 aliphatic rings. The van der Waals surface area contributed by atoms with Gasteiger partial charge in [0.05, 0.1) is 5.69 Å². The fourth-order valence-corrected chi connectivity index (χ4v) is 3.59. The smallest absolute Gasteiger partial charge is 0.252 e. The van der Waals surface area contributed by atoms with E-state index in [2.05, 4.69) is 10.3 Å². The number of aliphatic hydroxyl groups excluding tert-OH is 1. The first-order valence-corrected chi connectivity index (χ1v) is 9.57. The van der Waals surface area contributed by atoms with Crippen LogP contribution in [-0.4, -0.2) is 40.3 Å². The van der Waals surface area contributed by atoms with Gasteiger partial charge in [0.25, 0.3) is 5.91 Å². The fraction of sp³-hybridized carbons (Fsp3) is 0.300. The average Bonchev–Trinajstić information content (AvgIpc) is 3.32. The van der Waals surface area contributed by atoms with Gasteiger partial charge in [-0.25, -0.2) is 4.98 Å². The third-order valence-corrected chi connectivity index (χ3v) is 5.23. The SMILES string of the molecule is CO[C@@H](C(=O)NCCc1cccs1)[C@@H](O)c1nc(-c2ccccc2)cn1C. The van der Waals surface area contributed by atoms with Crippen molar-refractivity contribution in [1.29, 1.82) is 0 Å². The van der Waals surface area contributed by atoms with Crippen molar-refractivity contribution in [3.05, 3.63) is 64.7 Å². The third-order valence-electron chi connectivity index (χ3n) is 4.30. The number of hydrogen-bond donors (Lipinski definition) is 2. The molecular formula is C20H23N3O3S. The summed E-state index contributed by atoms with van der Waals surface area (Å²) >= 11 is 1.65. The molecule has 0 fully saturated rings. The van der Waals surface area contributed by atoms with Gasteiger partial charge in [-0.1, -0.05) is 36.4 Å². The van der Waals surface area contributed by atoms with Gasteiger partial charge in [0.1, 0.15) is 11.9 Å². The van der Waals surface area contributed by atoms with Crippen LogP contribution in [0.2, 0.25) is 0 Å². The number of amides is 1. The number of thiophene rings is 1. The Labute approximate surface area is 162 Å². The van der Waals surface area contributed by atoms with Crippen molar-refractivity contribution in [3.63, 3.8) is 0 Å². The Morgan fingerprint density at radius 1 is 1.30 bits per heavy atom. The van der Waals surface area contributed by atoms with Crippen LogP contribution in [0.5, 0.6) is 0 Å². The van der Waals surface area contributed by atoms with Crippen molar-refractivity contribution < 1.29 is 14.6 Å². The zero-order chi connectivity index (χ0) is 19.2. The lowest BCUT2D eigenvalue weighted by Gasteiger charge is -2.20. The Hall–Kier alpha value is -2.48. The molecule has 0 aliphatic carbocycles. The van der Waals surface area contributed by atoms with Crippen molar-refractivity contribution in [2.24, 2.45) is 7.05 Å². The number of benzene rings is 1. The van der Waals surface area contributed by atoms with E-state index in [4.69, 9.17) is 4.74 Å². The van der Waals surface area contributed by atoms with Crippen molar-refractivity contribution in [2.75, 3.05) is 13.7 Å². The minimum absolute atomic E-state index is 0.356. The van der Waals surface area contributed by atoms with Crippen molar-refractivity contribution >= 4 is 17.2 Å². The third kappa shape index (κ3) is 4.63. The number of carbonyl (C=O) groups excluding carboxylic acids is 1. The number of imidazole rings is 1. The first-order valence-electron chi connectivity index (χ1n) is 8.69. The van der Waals surface area contributed by atoms with Gasteiger partial charge in [-0.2, -0.15) is 0 Å². The Bertz CT molecular complexity index is 862. The van der Waals surface area contributed by atoms with Crippen LogP contribution in [0.15, 0.2) is 54.0 Å². The number of ether oxygens (including phenoxy) is 1. The fourth-order valence-electron chi connectivity index (χ4n) is 2.88. The molecule has 2 aromatic heterocycles. The molecule has 0 saturated carbocycles. The maximum absolute atomic E-state index is 12.5. The molecule has 0 spiro atoms. The highest BCUT2D eigenvalue weighted by Gasteiger charge is 2.31. The Morgan fingerprint density at radius 2 is 2.07 bits per heavy atom. The van der Waals surface area contributed by atoms with Gasteiger partial charge in [-0.15, -0.1) is 11.3 Å². The number of nitrogens with zero attached hydrogens (tertiary/aromatic N) is 2. The van der Waals surface area contributed by atoms with Crippen LogP contribution in [0.25, 0.3) is 11.3 Å². The number of aliphatic hydroxyl groups is 1. The van der Waals surface area contributed by atoms with Crippen LogP contribution in [0.3, 0.4) is 0 Å². The van der Waals surface area contributed by atoms with Gasteiger partial charge in [-0.3, -0.25) is 4.79 Å². The van der Waals surface area contributed by atoms with E-state index in [0.29, 0.717) is 12.4 Å². The van der Waals surface area contributed by atoms with Crippen LogP contribution in [0.4, 0.5) is 0 Å². The van der Waals surface area contributed by atoms with E-state index in [1.165, 1.54) is 12.0 Å². The van der Waals surface area contributed by atoms with E-state index in [-0.39, 0.29) is 5.91 Å². The average molecular weight is 385 g/mol. The van der Waals surface area contributed by atoms with E-state index in [1.807, 2.05) is 54.0 Å². The summed E-state index contributed by atoms with van der Waals surface area (Å²) in [6.45, 7) is 0.488. The number of aromatic nitrogens is 2. The molecule has 0 aliphatic heterocycles. The van der Waals surface area contributed by atoms with Crippen molar-refractivity contribution in [2.45, 2.75) is 18.6 Å². The Morgan fingerprint density at radius 3 is 2.74 bits per heavy atom. The summed E-state index contributed by atoms with van der Waals surface area (Å²) in [4.78, 5) is 18.2. The molecule has 0 bridgehead atoms. The van der Waals surface area contributed by atoms with Crippen LogP contribution in [0.1, 0.15) is 16.8 Å². The predicted molar refractivity (Wildman–Crippen MR) is 105 cm³/mol. The van der Waals surface area contributed by atoms with E-state index in [9.17, 15) is 9.90 Å². The van der Waals surface area contributed by atoms with Crippen LogP contribution >= 0.6 is 11.3 Å². The summed E-state index contributed by atoms with van der Waals surface area (Å²) < 4.78 is 6.99. The topological polar surface area (TPSA) is 76.4 Å². The van der Waals surface area contributed by atoms with Gasteiger partial charge in [0.15, 0.2) is 6.10 Å². The summed E-state index contributed by atoms with van der Waals surface area (Å²) in [6.07, 6.45) is 0.378. The molecule has 0 unspecified atom stereocenters. The summed E-state index contributed by atoms with van der Waals surface area (Å²) in [5.41, 5.74) is 1.68. The van der Waals surface area contributed by atoms with E-state index in [0.717, 1.165) is 17.7 Å².